The zero-order chi connectivity index (χ0) is 16.5. The van der Waals surface area contributed by atoms with Gasteiger partial charge in [-0.1, -0.05) is 24.3 Å². The molecule has 0 unspecified atom stereocenters. The van der Waals surface area contributed by atoms with Crippen LogP contribution in [-0.4, -0.2) is 20.7 Å². The Hall–Kier alpha value is -2.60. The molecule has 1 N–H and O–H groups in total. The number of fused-ring (bicyclic) bond motifs is 3. The van der Waals surface area contributed by atoms with Crippen LogP contribution in [0.2, 0.25) is 0 Å². The molecule has 3 heterocycles. The largest absolute Gasteiger partial charge is 0.346 e. The summed E-state index contributed by atoms with van der Waals surface area (Å²) in [5, 5.41) is 7.42. The first-order chi connectivity index (χ1) is 11.7. The van der Waals surface area contributed by atoms with Crippen LogP contribution in [0, 0.1) is 0 Å². The van der Waals surface area contributed by atoms with Crippen molar-refractivity contribution in [2.45, 2.75) is 17.2 Å². The number of nitrogens with zero attached hydrogens (tertiary/aromatic N) is 3. The Morgan fingerprint density at radius 3 is 3.00 bits per heavy atom. The Morgan fingerprint density at radius 2 is 2.17 bits per heavy atom. The summed E-state index contributed by atoms with van der Waals surface area (Å²) < 4.78 is 1.81. The lowest BCUT2D eigenvalue weighted by Crippen LogP contribution is -2.24. The minimum atomic E-state index is -0.143. The van der Waals surface area contributed by atoms with Crippen LogP contribution in [0.1, 0.15) is 21.6 Å². The average molecular weight is 336 g/mol. The molecule has 0 aliphatic carbocycles. The number of benzene rings is 1. The van der Waals surface area contributed by atoms with Crippen molar-refractivity contribution >= 4 is 17.7 Å². The second kappa shape index (κ2) is 6.13. The third-order valence-corrected chi connectivity index (χ3v) is 5.15. The van der Waals surface area contributed by atoms with Gasteiger partial charge >= 0.3 is 0 Å². The van der Waals surface area contributed by atoms with Crippen molar-refractivity contribution < 1.29 is 4.79 Å². The minimum Gasteiger partial charge on any atom is -0.346 e. The number of aryl methyl sites for hydroxylation is 1. The Labute approximate surface area is 144 Å². The summed E-state index contributed by atoms with van der Waals surface area (Å²) in [6, 6.07) is 12.0. The van der Waals surface area contributed by atoms with Crippen LogP contribution in [0.25, 0.3) is 11.3 Å². The smallest absolute Gasteiger partial charge is 0.272 e. The van der Waals surface area contributed by atoms with Gasteiger partial charge in [0.2, 0.25) is 0 Å². The molecule has 4 rings (SSSR count). The molecular formula is C18H16N4OS. The molecule has 0 saturated heterocycles. The Kier molecular flexibility index (Phi) is 3.82. The molecule has 3 aromatic rings. The van der Waals surface area contributed by atoms with Gasteiger partial charge in [-0.3, -0.25) is 14.5 Å². The molecular weight excluding hydrogens is 320 g/mol. The number of rotatable bonds is 3. The molecule has 5 nitrogen and oxygen atoms in total. The topological polar surface area (TPSA) is 59.8 Å². The number of thioether (sulfide) groups is 1. The van der Waals surface area contributed by atoms with E-state index in [0.717, 1.165) is 28.1 Å². The molecule has 0 spiro atoms. The highest BCUT2D eigenvalue weighted by atomic mass is 32.2. The van der Waals surface area contributed by atoms with Crippen molar-refractivity contribution in [1.82, 2.24) is 20.1 Å². The maximum Gasteiger partial charge on any atom is 0.272 e. The standard InChI is InChI=1S/C18H16N4OS/c1-22-17-13-6-2-3-7-15(13)24-11-14(17)16(21-22)18(23)20-10-12-5-4-8-19-9-12/h2-9H,10-11H2,1H3,(H,20,23). The van der Waals surface area contributed by atoms with Crippen molar-refractivity contribution in [3.63, 3.8) is 0 Å². The van der Waals surface area contributed by atoms with Crippen LogP contribution in [0.4, 0.5) is 0 Å². The van der Waals surface area contributed by atoms with Crippen LogP contribution in [0.15, 0.2) is 53.7 Å². The van der Waals surface area contributed by atoms with Crippen molar-refractivity contribution in [3.05, 3.63) is 65.6 Å². The van der Waals surface area contributed by atoms with Gasteiger partial charge in [0.25, 0.3) is 5.91 Å². The van der Waals surface area contributed by atoms with Gasteiger partial charge in [0, 0.05) is 47.8 Å². The van der Waals surface area contributed by atoms with E-state index in [-0.39, 0.29) is 5.91 Å². The number of aromatic nitrogens is 3. The summed E-state index contributed by atoms with van der Waals surface area (Å²) >= 11 is 1.75. The van der Waals surface area contributed by atoms with Crippen LogP contribution in [0.5, 0.6) is 0 Å². The molecule has 0 fully saturated rings. The lowest BCUT2D eigenvalue weighted by molar-refractivity contribution is 0.0944. The molecule has 2 aromatic heterocycles. The number of carbonyl (C=O) groups excluding carboxylic acids is 1. The van der Waals surface area contributed by atoms with Gasteiger partial charge in [0.05, 0.1) is 5.69 Å². The minimum absolute atomic E-state index is 0.143. The fourth-order valence-electron chi connectivity index (χ4n) is 2.93. The van der Waals surface area contributed by atoms with Crippen molar-refractivity contribution in [1.29, 1.82) is 0 Å². The van der Waals surface area contributed by atoms with E-state index >= 15 is 0 Å². The Bertz CT molecular complexity index is 905. The monoisotopic (exact) mass is 336 g/mol. The van der Waals surface area contributed by atoms with Crippen LogP contribution in [0.3, 0.4) is 0 Å². The zero-order valence-corrected chi connectivity index (χ0v) is 14.0. The number of amides is 1. The summed E-state index contributed by atoms with van der Waals surface area (Å²) in [6.45, 7) is 0.446. The molecule has 1 aromatic carbocycles. The van der Waals surface area contributed by atoms with Gasteiger partial charge in [-0.05, 0) is 17.7 Å². The Balaban J connectivity index is 1.63. The fourth-order valence-corrected chi connectivity index (χ4v) is 4.00. The average Bonchev–Trinajstić information content (AvgIpc) is 2.98. The summed E-state index contributed by atoms with van der Waals surface area (Å²) in [7, 11) is 1.89. The van der Waals surface area contributed by atoms with Gasteiger partial charge in [-0.15, -0.1) is 11.8 Å². The Morgan fingerprint density at radius 1 is 1.29 bits per heavy atom. The van der Waals surface area contributed by atoms with Gasteiger partial charge < -0.3 is 5.32 Å². The first kappa shape index (κ1) is 15.0. The van der Waals surface area contributed by atoms with Crippen molar-refractivity contribution in [3.8, 4) is 11.3 Å². The lowest BCUT2D eigenvalue weighted by atomic mass is 10.1. The molecule has 1 amide bonds. The number of nitrogens with one attached hydrogen (secondary N) is 1. The summed E-state index contributed by atoms with van der Waals surface area (Å²) in [6.07, 6.45) is 3.47. The van der Waals surface area contributed by atoms with Crippen molar-refractivity contribution in [2.24, 2.45) is 7.05 Å². The number of hydrogen-bond donors (Lipinski definition) is 1. The second-order valence-electron chi connectivity index (χ2n) is 5.63. The van der Waals surface area contributed by atoms with E-state index in [1.165, 1.54) is 4.90 Å². The normalized spacial score (nSPS) is 12.4. The van der Waals surface area contributed by atoms with Gasteiger partial charge in [0.1, 0.15) is 0 Å². The van der Waals surface area contributed by atoms with E-state index in [9.17, 15) is 4.79 Å². The predicted molar refractivity (Wildman–Crippen MR) is 93.6 cm³/mol. The molecule has 0 atom stereocenters. The maximum absolute atomic E-state index is 12.6. The number of carbonyl (C=O) groups is 1. The van der Waals surface area contributed by atoms with E-state index in [1.807, 2.05) is 36.0 Å². The molecule has 120 valence electrons. The highest BCUT2D eigenvalue weighted by Gasteiger charge is 2.27. The highest BCUT2D eigenvalue weighted by molar-refractivity contribution is 7.98. The molecule has 0 radical (unpaired) electrons. The number of pyridine rings is 1. The second-order valence-corrected chi connectivity index (χ2v) is 6.65. The van der Waals surface area contributed by atoms with Gasteiger partial charge in [-0.2, -0.15) is 5.10 Å². The third-order valence-electron chi connectivity index (χ3n) is 4.05. The van der Waals surface area contributed by atoms with E-state index < -0.39 is 0 Å². The van der Waals surface area contributed by atoms with Crippen LogP contribution < -0.4 is 5.32 Å². The molecule has 1 aliphatic heterocycles. The molecule has 0 saturated carbocycles. The molecule has 6 heteroatoms. The summed E-state index contributed by atoms with van der Waals surface area (Å²) in [5.74, 6) is 0.617. The summed E-state index contributed by atoms with van der Waals surface area (Å²) in [5.41, 5.74) is 4.67. The third kappa shape index (κ3) is 2.59. The lowest BCUT2D eigenvalue weighted by Gasteiger charge is -2.16. The quantitative estimate of drug-likeness (QED) is 0.799. The first-order valence-corrected chi connectivity index (χ1v) is 8.68. The maximum atomic E-state index is 12.6. The molecule has 0 bridgehead atoms. The SMILES string of the molecule is Cn1nc(C(=O)NCc2cccnc2)c2c1-c1ccccc1SC2. The summed E-state index contributed by atoms with van der Waals surface area (Å²) in [4.78, 5) is 17.9. The fraction of sp³-hybridized carbons (Fsp3) is 0.167. The van der Waals surface area contributed by atoms with E-state index in [0.29, 0.717) is 12.2 Å². The zero-order valence-electron chi connectivity index (χ0n) is 13.2. The number of hydrogen-bond acceptors (Lipinski definition) is 4. The van der Waals surface area contributed by atoms with Crippen LogP contribution in [-0.2, 0) is 19.3 Å². The van der Waals surface area contributed by atoms with Gasteiger partial charge in [0.15, 0.2) is 5.69 Å². The van der Waals surface area contributed by atoms with E-state index in [1.54, 1.807) is 24.2 Å². The van der Waals surface area contributed by atoms with E-state index in [4.69, 9.17) is 0 Å². The van der Waals surface area contributed by atoms with Gasteiger partial charge in [-0.25, -0.2) is 0 Å². The predicted octanol–water partition coefficient (Wildman–Crippen LogP) is 3.02. The highest BCUT2D eigenvalue weighted by Crippen LogP contribution is 2.42. The first-order valence-electron chi connectivity index (χ1n) is 7.69. The van der Waals surface area contributed by atoms with Crippen LogP contribution >= 0.6 is 11.8 Å². The molecule has 1 aliphatic rings. The molecule has 24 heavy (non-hydrogen) atoms. The van der Waals surface area contributed by atoms with Crippen molar-refractivity contribution in [2.75, 3.05) is 0 Å². The van der Waals surface area contributed by atoms with E-state index in [2.05, 4.69) is 27.5 Å².